The smallest absolute Gasteiger partial charge is 0.335 e. The van der Waals surface area contributed by atoms with Gasteiger partial charge < -0.3 is 44.8 Å². The molecular weight excluding hydrogens is 656 g/mol. The lowest BCUT2D eigenvalue weighted by Gasteiger charge is -2.49. The molecule has 276 valence electrons. The zero-order valence-electron chi connectivity index (χ0n) is 29.3. The molecule has 1 spiro atoms. The van der Waals surface area contributed by atoms with Gasteiger partial charge >= 0.3 is 5.97 Å². The number of fused-ring (bicyclic) bond motifs is 1. The third-order valence-corrected chi connectivity index (χ3v) is 11.8. The summed E-state index contributed by atoms with van der Waals surface area (Å²) in [6.07, 6.45) is -0.0908. The number of benzene rings is 3. The fourth-order valence-corrected chi connectivity index (χ4v) is 8.99. The molecule has 0 amide bonds. The third kappa shape index (κ3) is 7.25. The number of carbonyl (C=O) groups is 2. The van der Waals surface area contributed by atoms with Gasteiger partial charge in [0.15, 0.2) is 5.78 Å². The van der Waals surface area contributed by atoms with Crippen LogP contribution < -0.4 is 4.74 Å². The lowest BCUT2D eigenvalue weighted by Crippen LogP contribution is -2.68. The summed E-state index contributed by atoms with van der Waals surface area (Å²) in [6, 6.07) is 13.5. The van der Waals surface area contributed by atoms with Gasteiger partial charge in [0, 0.05) is 13.0 Å². The van der Waals surface area contributed by atoms with E-state index >= 15 is 0 Å². The van der Waals surface area contributed by atoms with Gasteiger partial charge in [0.2, 0.25) is 6.29 Å². The molecule has 2 aliphatic heterocycles. The predicted molar refractivity (Wildman–Crippen MR) is 188 cm³/mol. The first-order valence-corrected chi connectivity index (χ1v) is 18.1. The van der Waals surface area contributed by atoms with E-state index in [-0.39, 0.29) is 57.6 Å². The highest BCUT2D eigenvalue weighted by atomic mass is 16.7. The number of hydrogen-bond acceptors (Lipinski definition) is 10. The molecule has 11 heteroatoms. The van der Waals surface area contributed by atoms with Gasteiger partial charge in [-0.2, -0.15) is 0 Å². The molecule has 1 saturated carbocycles. The Hall–Kier alpha value is -3.58. The number of aromatic carboxylic acids is 1. The van der Waals surface area contributed by atoms with E-state index in [1.807, 2.05) is 30.3 Å². The van der Waals surface area contributed by atoms with Crippen molar-refractivity contribution < 1.29 is 54.4 Å². The number of rotatable bonds is 12. The van der Waals surface area contributed by atoms with Crippen LogP contribution in [0.4, 0.5) is 0 Å². The number of Topliss-reactive ketones (excluding diaryl/α,β-unsaturated/α-hetero) is 1. The minimum atomic E-state index is -2.02. The number of carbonyl (C=O) groups excluding carboxylic acids is 1. The van der Waals surface area contributed by atoms with Crippen molar-refractivity contribution in [2.75, 3.05) is 19.8 Å². The van der Waals surface area contributed by atoms with Crippen LogP contribution in [0.3, 0.4) is 0 Å². The van der Waals surface area contributed by atoms with E-state index in [4.69, 9.17) is 14.2 Å². The number of aromatic hydroxyl groups is 1. The highest BCUT2D eigenvalue weighted by molar-refractivity contribution is 6.09. The number of phenols is 1. The van der Waals surface area contributed by atoms with Crippen LogP contribution in [0, 0.1) is 24.2 Å². The Bertz CT molecular complexity index is 1710. The van der Waals surface area contributed by atoms with Gasteiger partial charge in [-0.1, -0.05) is 56.2 Å². The van der Waals surface area contributed by atoms with Crippen molar-refractivity contribution >= 4 is 22.5 Å². The zero-order chi connectivity index (χ0) is 36.5. The number of aliphatic hydroxyl groups excluding tert-OH is 3. The molecule has 7 atom stereocenters. The van der Waals surface area contributed by atoms with Gasteiger partial charge in [-0.15, -0.1) is 0 Å². The topological polar surface area (TPSA) is 183 Å². The average molecular weight is 707 g/mol. The summed E-state index contributed by atoms with van der Waals surface area (Å²) in [4.78, 5) is 25.6. The van der Waals surface area contributed by atoms with Crippen LogP contribution in [-0.2, 0) is 15.9 Å². The van der Waals surface area contributed by atoms with E-state index in [0.717, 1.165) is 50.3 Å². The van der Waals surface area contributed by atoms with Gasteiger partial charge in [-0.25, -0.2) is 4.79 Å². The summed E-state index contributed by atoms with van der Waals surface area (Å²) in [7, 11) is 0. The van der Waals surface area contributed by atoms with Gasteiger partial charge in [0.1, 0.15) is 35.4 Å². The molecule has 51 heavy (non-hydrogen) atoms. The molecule has 11 nitrogen and oxygen atoms in total. The van der Waals surface area contributed by atoms with E-state index in [1.54, 1.807) is 13.0 Å². The van der Waals surface area contributed by atoms with Gasteiger partial charge in [-0.05, 0) is 91.3 Å². The summed E-state index contributed by atoms with van der Waals surface area (Å²) < 4.78 is 17.9. The van der Waals surface area contributed by atoms with Crippen LogP contribution in [0.5, 0.6) is 11.5 Å². The van der Waals surface area contributed by atoms with Crippen molar-refractivity contribution in [1.29, 1.82) is 0 Å². The van der Waals surface area contributed by atoms with E-state index in [2.05, 4.69) is 6.92 Å². The van der Waals surface area contributed by atoms with Gasteiger partial charge in [0.05, 0.1) is 29.7 Å². The summed E-state index contributed by atoms with van der Waals surface area (Å²) in [5, 5.41) is 66.7. The van der Waals surface area contributed by atoms with E-state index in [0.29, 0.717) is 30.9 Å². The SMILES string of the molecule is Cc1cc2cc(C(=O)O)cc(O[C@H]3O[C@H](CO)[C@](O)(CC[C@@H](C)[C@@H]4CCOCC45CCCC5)[C@H](O)[C@H]3O)c2c(O)c1C(=O)CCc1ccccc1. The van der Waals surface area contributed by atoms with E-state index < -0.39 is 48.5 Å². The molecular formula is C40H50O11. The van der Waals surface area contributed by atoms with Crippen molar-refractivity contribution in [2.24, 2.45) is 17.3 Å². The maximum atomic E-state index is 13.5. The van der Waals surface area contributed by atoms with Gasteiger partial charge in [-0.3, -0.25) is 4.79 Å². The number of aliphatic hydroxyl groups is 4. The second-order valence-corrected chi connectivity index (χ2v) is 15.0. The number of hydrogen-bond donors (Lipinski definition) is 6. The molecule has 2 heterocycles. The Labute approximate surface area is 297 Å². The molecule has 3 aromatic rings. The molecule has 2 saturated heterocycles. The first-order chi connectivity index (χ1) is 24.4. The third-order valence-electron chi connectivity index (χ3n) is 11.8. The summed E-state index contributed by atoms with van der Waals surface area (Å²) in [6.45, 7) is 4.50. The quantitative estimate of drug-likeness (QED) is 0.141. The molecule has 3 aliphatic rings. The number of carboxylic acids is 1. The largest absolute Gasteiger partial charge is 0.506 e. The molecule has 0 radical (unpaired) electrons. The molecule has 1 aliphatic carbocycles. The highest BCUT2D eigenvalue weighted by Gasteiger charge is 2.56. The maximum Gasteiger partial charge on any atom is 0.335 e. The number of ether oxygens (including phenoxy) is 3. The number of ketones is 1. The Morgan fingerprint density at radius 2 is 1.80 bits per heavy atom. The van der Waals surface area contributed by atoms with Crippen LogP contribution >= 0.6 is 0 Å². The normalized spacial score (nSPS) is 28.2. The minimum Gasteiger partial charge on any atom is -0.506 e. The lowest BCUT2D eigenvalue weighted by molar-refractivity contribution is -0.315. The van der Waals surface area contributed by atoms with E-state index in [9.17, 15) is 40.2 Å². The highest BCUT2D eigenvalue weighted by Crippen LogP contribution is 2.52. The van der Waals surface area contributed by atoms with Crippen LogP contribution in [0.15, 0.2) is 48.5 Å². The first kappa shape index (κ1) is 37.2. The fourth-order valence-electron chi connectivity index (χ4n) is 8.99. The Morgan fingerprint density at radius 3 is 2.49 bits per heavy atom. The van der Waals surface area contributed by atoms with Crippen molar-refractivity contribution in [3.63, 3.8) is 0 Å². The standard InChI is InChI=1S/C40H50O11/c1-23(28-13-17-49-22-39(28)14-6-7-15-39)12-16-40(48)31(21-41)51-38(35(44)36(40)45)50-30-20-27(37(46)47)19-26-18-24(2)32(34(43)33(26)30)29(42)11-10-25-8-4-3-5-9-25/h3-5,8-9,18-20,23,28,31,35-36,38,41,43-45,48H,6-7,10-17,21-22H2,1-2H3,(H,46,47)/t23-,28+,31-,35-,36-,38+,40-/m1/s1. The molecule has 0 bridgehead atoms. The molecule has 3 fully saturated rings. The zero-order valence-corrected chi connectivity index (χ0v) is 29.3. The number of carboxylic acid groups (broad SMARTS) is 1. The Kier molecular flexibility index (Phi) is 11.1. The minimum absolute atomic E-state index is 0.0199. The predicted octanol–water partition coefficient (Wildman–Crippen LogP) is 4.93. The Morgan fingerprint density at radius 1 is 1.08 bits per heavy atom. The molecule has 0 aromatic heterocycles. The number of phenolic OH excluding ortho intramolecular Hbond substituents is 1. The van der Waals surface area contributed by atoms with Crippen molar-refractivity contribution in [1.82, 2.24) is 0 Å². The maximum absolute atomic E-state index is 13.5. The summed E-state index contributed by atoms with van der Waals surface area (Å²) in [5.41, 5.74) is -0.649. The van der Waals surface area contributed by atoms with Crippen molar-refractivity contribution in [3.8, 4) is 11.5 Å². The van der Waals surface area contributed by atoms with E-state index in [1.165, 1.54) is 6.07 Å². The second kappa shape index (κ2) is 15.2. The average Bonchev–Trinajstić information content (AvgIpc) is 3.58. The first-order valence-electron chi connectivity index (χ1n) is 18.1. The molecule has 6 rings (SSSR count). The monoisotopic (exact) mass is 706 g/mol. The summed E-state index contributed by atoms with van der Waals surface area (Å²) >= 11 is 0. The second-order valence-electron chi connectivity index (χ2n) is 15.0. The van der Waals surface area contributed by atoms with Crippen LogP contribution in [0.25, 0.3) is 10.8 Å². The summed E-state index contributed by atoms with van der Waals surface area (Å²) in [5.74, 6) is -1.69. The Balaban J connectivity index is 1.25. The van der Waals surface area contributed by atoms with Gasteiger partial charge in [0.25, 0.3) is 0 Å². The van der Waals surface area contributed by atoms with Crippen molar-refractivity contribution in [2.45, 2.75) is 102 Å². The number of aryl methyl sites for hydroxylation is 2. The fraction of sp³-hybridized carbons (Fsp3) is 0.550. The lowest BCUT2D eigenvalue weighted by atomic mass is 9.65. The van der Waals surface area contributed by atoms with Crippen LogP contribution in [0.2, 0.25) is 0 Å². The van der Waals surface area contributed by atoms with Crippen LogP contribution in [0.1, 0.15) is 90.1 Å². The van der Waals surface area contributed by atoms with Crippen molar-refractivity contribution in [3.05, 3.63) is 70.8 Å². The molecule has 6 N–H and O–H groups in total. The molecule has 0 unspecified atom stereocenters. The molecule has 3 aromatic carbocycles. The van der Waals surface area contributed by atoms with Crippen LogP contribution in [-0.4, -0.2) is 92.4 Å².